The smallest absolute Gasteiger partial charge is 0.322 e. The molecule has 0 fully saturated rings. The molecule has 1 heterocycles. The molecule has 0 saturated carbocycles. The third-order valence-electron chi connectivity index (χ3n) is 3.51. The molecule has 1 unspecified atom stereocenters. The fraction of sp³-hybridized carbons (Fsp3) is 0.312. The zero-order valence-electron chi connectivity index (χ0n) is 13.4. The Kier molecular flexibility index (Phi) is 5.97. The maximum Gasteiger partial charge on any atom is 0.322 e. The first-order valence-corrected chi connectivity index (χ1v) is 8.17. The van der Waals surface area contributed by atoms with Crippen molar-refractivity contribution in [2.75, 3.05) is 18.9 Å². The van der Waals surface area contributed by atoms with Crippen LogP contribution in [-0.4, -0.2) is 45.4 Å². The maximum absolute atomic E-state index is 12.2. The number of carboxylic acids is 1. The Morgan fingerprint density at radius 2 is 2.00 bits per heavy atom. The van der Waals surface area contributed by atoms with Gasteiger partial charge in [0.15, 0.2) is 0 Å². The lowest BCUT2D eigenvalue weighted by Gasteiger charge is -2.20. The van der Waals surface area contributed by atoms with Crippen LogP contribution in [0.15, 0.2) is 41.0 Å². The molecule has 0 radical (unpaired) electrons. The number of carboxylic acid groups (broad SMARTS) is 1. The molecule has 1 aromatic carbocycles. The van der Waals surface area contributed by atoms with E-state index in [1.165, 1.54) is 4.90 Å². The monoisotopic (exact) mass is 394 g/mol. The Morgan fingerprint density at radius 1 is 1.33 bits per heavy atom. The van der Waals surface area contributed by atoms with Gasteiger partial charge in [0.25, 0.3) is 0 Å². The van der Waals surface area contributed by atoms with Gasteiger partial charge in [0.2, 0.25) is 0 Å². The summed E-state index contributed by atoms with van der Waals surface area (Å²) in [5.74, 6) is -1.01. The van der Waals surface area contributed by atoms with Gasteiger partial charge in [0, 0.05) is 24.1 Å². The van der Waals surface area contributed by atoms with Crippen molar-refractivity contribution < 1.29 is 14.7 Å². The largest absolute Gasteiger partial charge is 0.481 e. The second kappa shape index (κ2) is 7.96. The molecule has 0 aliphatic rings. The number of benzene rings is 1. The SMILES string of the molecule is CC(CN(C)C(=O)Nc1ccnn1Cc1ccc(Br)cc1)C(=O)O. The number of anilines is 1. The number of carbonyl (C=O) groups excluding carboxylic acids is 1. The van der Waals surface area contributed by atoms with E-state index in [9.17, 15) is 9.59 Å². The van der Waals surface area contributed by atoms with Gasteiger partial charge in [-0.25, -0.2) is 9.48 Å². The highest BCUT2D eigenvalue weighted by Crippen LogP contribution is 2.14. The molecule has 128 valence electrons. The minimum Gasteiger partial charge on any atom is -0.481 e. The van der Waals surface area contributed by atoms with E-state index in [1.807, 2.05) is 24.3 Å². The van der Waals surface area contributed by atoms with Crippen molar-refractivity contribution in [2.24, 2.45) is 5.92 Å². The van der Waals surface area contributed by atoms with E-state index in [-0.39, 0.29) is 12.6 Å². The fourth-order valence-corrected chi connectivity index (χ4v) is 2.37. The van der Waals surface area contributed by atoms with Gasteiger partial charge in [-0.15, -0.1) is 0 Å². The number of rotatable bonds is 6. The summed E-state index contributed by atoms with van der Waals surface area (Å²) in [6, 6.07) is 9.15. The number of carbonyl (C=O) groups is 2. The van der Waals surface area contributed by atoms with Crippen molar-refractivity contribution >= 4 is 33.7 Å². The van der Waals surface area contributed by atoms with Crippen LogP contribution in [0, 0.1) is 5.92 Å². The first-order chi connectivity index (χ1) is 11.4. The van der Waals surface area contributed by atoms with Crippen LogP contribution in [0.25, 0.3) is 0 Å². The summed E-state index contributed by atoms with van der Waals surface area (Å²) < 4.78 is 2.67. The Hall–Kier alpha value is -2.35. The predicted molar refractivity (Wildman–Crippen MR) is 93.9 cm³/mol. The zero-order chi connectivity index (χ0) is 17.7. The third-order valence-corrected chi connectivity index (χ3v) is 4.04. The topological polar surface area (TPSA) is 87.5 Å². The molecule has 0 bridgehead atoms. The van der Waals surface area contributed by atoms with Crippen molar-refractivity contribution in [3.63, 3.8) is 0 Å². The first kappa shape index (κ1) is 18.0. The number of amides is 2. The number of urea groups is 1. The molecule has 2 aromatic rings. The van der Waals surface area contributed by atoms with Crippen molar-refractivity contribution in [3.05, 3.63) is 46.6 Å². The van der Waals surface area contributed by atoms with Crippen molar-refractivity contribution in [1.29, 1.82) is 0 Å². The molecule has 0 aliphatic heterocycles. The average Bonchev–Trinajstić information content (AvgIpc) is 2.96. The minimum atomic E-state index is -0.935. The van der Waals surface area contributed by atoms with Gasteiger partial charge in [0.1, 0.15) is 5.82 Å². The van der Waals surface area contributed by atoms with Gasteiger partial charge in [-0.2, -0.15) is 5.10 Å². The molecule has 2 rings (SSSR count). The van der Waals surface area contributed by atoms with Crippen molar-refractivity contribution in [2.45, 2.75) is 13.5 Å². The highest BCUT2D eigenvalue weighted by molar-refractivity contribution is 9.10. The molecular weight excluding hydrogens is 376 g/mol. The van der Waals surface area contributed by atoms with Gasteiger partial charge in [-0.05, 0) is 17.7 Å². The number of aromatic nitrogens is 2. The second-order valence-electron chi connectivity index (χ2n) is 5.55. The summed E-state index contributed by atoms with van der Waals surface area (Å²) in [4.78, 5) is 24.4. The quantitative estimate of drug-likeness (QED) is 0.788. The Labute approximate surface area is 148 Å². The summed E-state index contributed by atoms with van der Waals surface area (Å²) in [5.41, 5.74) is 1.05. The minimum absolute atomic E-state index is 0.127. The van der Waals surface area contributed by atoms with Crippen LogP contribution in [-0.2, 0) is 11.3 Å². The molecule has 8 heteroatoms. The number of nitrogens with zero attached hydrogens (tertiary/aromatic N) is 3. The van der Waals surface area contributed by atoms with E-state index in [4.69, 9.17) is 5.11 Å². The molecule has 2 N–H and O–H groups in total. The predicted octanol–water partition coefficient (Wildman–Crippen LogP) is 2.88. The van der Waals surface area contributed by atoms with E-state index in [0.717, 1.165) is 10.0 Å². The van der Waals surface area contributed by atoms with Crippen molar-refractivity contribution in [3.8, 4) is 0 Å². The Morgan fingerprint density at radius 3 is 2.62 bits per heavy atom. The molecule has 1 atom stereocenters. The van der Waals surface area contributed by atoms with E-state index in [0.29, 0.717) is 12.4 Å². The highest BCUT2D eigenvalue weighted by Gasteiger charge is 2.18. The Balaban J connectivity index is 2.00. The van der Waals surface area contributed by atoms with Gasteiger partial charge in [0.05, 0.1) is 18.7 Å². The lowest BCUT2D eigenvalue weighted by molar-refractivity contribution is -0.141. The third kappa shape index (κ3) is 4.82. The fourth-order valence-electron chi connectivity index (χ4n) is 2.10. The summed E-state index contributed by atoms with van der Waals surface area (Å²) >= 11 is 3.39. The van der Waals surface area contributed by atoms with Crippen LogP contribution in [0.5, 0.6) is 0 Å². The van der Waals surface area contributed by atoms with E-state index in [1.54, 1.807) is 30.9 Å². The standard InChI is InChI=1S/C16H19BrN4O3/c1-11(15(22)23)9-20(2)16(24)19-14-7-8-18-21(14)10-12-3-5-13(17)6-4-12/h3-8,11H,9-10H2,1-2H3,(H,19,24)(H,22,23). The lowest BCUT2D eigenvalue weighted by Crippen LogP contribution is -2.37. The average molecular weight is 395 g/mol. The number of aliphatic carboxylic acids is 1. The van der Waals surface area contributed by atoms with Gasteiger partial charge in [-0.3, -0.25) is 10.1 Å². The van der Waals surface area contributed by atoms with Crippen LogP contribution < -0.4 is 5.32 Å². The second-order valence-corrected chi connectivity index (χ2v) is 6.47. The maximum atomic E-state index is 12.2. The highest BCUT2D eigenvalue weighted by atomic mass is 79.9. The molecule has 7 nitrogen and oxygen atoms in total. The normalized spacial score (nSPS) is 11.8. The van der Waals surface area contributed by atoms with Crippen LogP contribution in [0.1, 0.15) is 12.5 Å². The number of halogens is 1. The molecule has 0 spiro atoms. The first-order valence-electron chi connectivity index (χ1n) is 7.38. The van der Waals surface area contributed by atoms with Crippen LogP contribution in [0.2, 0.25) is 0 Å². The number of nitrogens with one attached hydrogen (secondary N) is 1. The number of hydrogen-bond acceptors (Lipinski definition) is 3. The molecule has 0 saturated heterocycles. The molecular formula is C16H19BrN4O3. The molecule has 0 aliphatic carbocycles. The molecule has 24 heavy (non-hydrogen) atoms. The molecule has 1 aromatic heterocycles. The van der Waals surface area contributed by atoms with E-state index >= 15 is 0 Å². The van der Waals surface area contributed by atoms with Gasteiger partial charge < -0.3 is 10.0 Å². The Bertz CT molecular complexity index is 714. The van der Waals surface area contributed by atoms with E-state index < -0.39 is 11.9 Å². The van der Waals surface area contributed by atoms with E-state index in [2.05, 4.69) is 26.3 Å². The summed E-state index contributed by atoms with van der Waals surface area (Å²) in [5, 5.41) is 15.9. The van der Waals surface area contributed by atoms with Crippen LogP contribution >= 0.6 is 15.9 Å². The summed E-state index contributed by atoms with van der Waals surface area (Å²) in [6.07, 6.45) is 1.61. The van der Waals surface area contributed by atoms with Crippen molar-refractivity contribution in [1.82, 2.24) is 14.7 Å². The van der Waals surface area contributed by atoms with Crippen LogP contribution in [0.3, 0.4) is 0 Å². The molecule has 2 amide bonds. The summed E-state index contributed by atoms with van der Waals surface area (Å²) in [6.45, 7) is 2.21. The summed E-state index contributed by atoms with van der Waals surface area (Å²) in [7, 11) is 1.56. The zero-order valence-corrected chi connectivity index (χ0v) is 15.0. The van der Waals surface area contributed by atoms with Crippen LogP contribution in [0.4, 0.5) is 10.6 Å². The lowest BCUT2D eigenvalue weighted by atomic mass is 10.2. The van der Waals surface area contributed by atoms with Gasteiger partial charge in [-0.1, -0.05) is 35.0 Å². The van der Waals surface area contributed by atoms with Gasteiger partial charge >= 0.3 is 12.0 Å². The number of hydrogen-bond donors (Lipinski definition) is 2.